The molecule has 21 N–H and O–H groups in total. The Kier molecular flexibility index (Phi) is 28.9. The number of nitrogens with one attached hydrogen (secondary N) is 7. The molecule has 1 aromatic rings. The molecular weight excluding hydrogens is 969 g/mol. The molecule has 28 nitrogen and oxygen atoms in total. The Labute approximate surface area is 419 Å². The monoisotopic (exact) mass is 1040 g/mol. The summed E-state index contributed by atoms with van der Waals surface area (Å²) in [5.41, 5.74) is 28.4. The molecule has 0 radical (unpaired) electrons. The largest absolute Gasteiger partial charge is 0.508 e. The van der Waals surface area contributed by atoms with Crippen LogP contribution in [0.25, 0.3) is 0 Å². The zero-order valence-corrected chi connectivity index (χ0v) is 41.2. The van der Waals surface area contributed by atoms with Gasteiger partial charge in [0.05, 0.1) is 12.5 Å². The van der Waals surface area contributed by atoms with Gasteiger partial charge >= 0.3 is 17.9 Å². The number of nitrogens with zero attached hydrogens (tertiary/aromatic N) is 2. The Morgan fingerprint density at radius 1 is 0.597 bits per heavy atom. The summed E-state index contributed by atoms with van der Waals surface area (Å²) in [5, 5.41) is 54.8. The minimum Gasteiger partial charge on any atom is -0.508 e. The van der Waals surface area contributed by atoms with Gasteiger partial charge in [-0.25, -0.2) is 0 Å². The maximum Gasteiger partial charge on any atom is 0.322 e. The Morgan fingerprint density at radius 3 is 1.49 bits per heavy atom. The minimum atomic E-state index is -1.88. The lowest BCUT2D eigenvalue weighted by Gasteiger charge is -2.28. The number of carbonyl (C=O) groups is 10. The molecule has 0 aliphatic heterocycles. The number of phenols is 1. The minimum absolute atomic E-state index is 0.0222. The van der Waals surface area contributed by atoms with Crippen LogP contribution in [0.2, 0.25) is 0 Å². The van der Waals surface area contributed by atoms with Crippen molar-refractivity contribution in [3.05, 3.63) is 29.8 Å². The molecule has 8 atom stereocenters. The van der Waals surface area contributed by atoms with E-state index in [4.69, 9.17) is 33.8 Å². The third-order valence-electron chi connectivity index (χ3n) is 10.6. The number of thioether (sulfide) groups is 1. The number of hydrogen-bond donors (Lipinski definition) is 16. The summed E-state index contributed by atoms with van der Waals surface area (Å²) in [6, 6.07) is -4.59. The van der Waals surface area contributed by atoms with Crippen molar-refractivity contribution in [2.75, 3.05) is 31.6 Å². The number of guanidine groups is 2. The van der Waals surface area contributed by atoms with Gasteiger partial charge in [0.2, 0.25) is 41.4 Å². The third kappa shape index (κ3) is 25.4. The van der Waals surface area contributed by atoms with E-state index in [2.05, 4.69) is 47.2 Å². The van der Waals surface area contributed by atoms with Gasteiger partial charge in [-0.05, 0) is 80.6 Å². The molecule has 8 unspecified atom stereocenters. The van der Waals surface area contributed by atoms with Gasteiger partial charge in [0.1, 0.15) is 48.5 Å². The van der Waals surface area contributed by atoms with E-state index >= 15 is 0 Å². The number of carboxylic acids is 3. The van der Waals surface area contributed by atoms with Crippen LogP contribution in [0.15, 0.2) is 34.3 Å². The summed E-state index contributed by atoms with van der Waals surface area (Å²) >= 11 is 1.26. The molecule has 0 aromatic heterocycles. The van der Waals surface area contributed by atoms with Crippen LogP contribution in [-0.2, 0) is 54.4 Å². The lowest BCUT2D eigenvalue weighted by atomic mass is 9.97. The topological polar surface area (TPSA) is 491 Å². The van der Waals surface area contributed by atoms with Gasteiger partial charge in [-0.15, -0.1) is 0 Å². The molecule has 72 heavy (non-hydrogen) atoms. The van der Waals surface area contributed by atoms with Crippen molar-refractivity contribution in [3.63, 3.8) is 0 Å². The van der Waals surface area contributed by atoms with Gasteiger partial charge in [0, 0.05) is 19.5 Å². The predicted octanol–water partition coefficient (Wildman–Crippen LogP) is -4.38. The number of phenolic OH excluding ortho intramolecular Hbond substituents is 1. The number of aromatic hydroxyl groups is 1. The van der Waals surface area contributed by atoms with Gasteiger partial charge in [0.15, 0.2) is 11.9 Å². The van der Waals surface area contributed by atoms with Crippen molar-refractivity contribution >= 4 is 82.9 Å². The highest BCUT2D eigenvalue weighted by Crippen LogP contribution is 2.13. The van der Waals surface area contributed by atoms with Crippen molar-refractivity contribution in [3.8, 4) is 5.75 Å². The number of carboxylic acid groups (broad SMARTS) is 3. The number of amides is 7. The van der Waals surface area contributed by atoms with E-state index in [0.29, 0.717) is 12.0 Å². The second-order valence-electron chi connectivity index (χ2n) is 16.5. The molecule has 0 saturated carbocycles. The van der Waals surface area contributed by atoms with Crippen LogP contribution in [0.3, 0.4) is 0 Å². The lowest BCUT2D eigenvalue weighted by molar-refractivity contribution is -0.141. The molecule has 0 bridgehead atoms. The SMILES string of the molecule is CCC(C)C(NC(=O)C(CCCN=C(N)N)NC(=O)C(CC(=O)O)NC(=O)C(CCSC)NC(=O)C(CCCN=C(N)N)NC(=O)C(CCC(=O)O)NC(=O)C(N)Cc1ccc(O)cc1)C(=O)NCC(=O)O. The Morgan fingerprint density at radius 2 is 1.04 bits per heavy atom. The van der Waals surface area contributed by atoms with E-state index in [1.807, 2.05) is 0 Å². The Hall–Kier alpha value is -7.43. The number of aliphatic carboxylic acids is 3. The van der Waals surface area contributed by atoms with Crippen LogP contribution in [0.4, 0.5) is 0 Å². The van der Waals surface area contributed by atoms with Crippen LogP contribution in [0.5, 0.6) is 5.75 Å². The summed E-state index contributed by atoms with van der Waals surface area (Å²) in [5.74, 6) is -11.9. The van der Waals surface area contributed by atoms with Gasteiger partial charge in [-0.2, -0.15) is 11.8 Å². The zero-order valence-electron chi connectivity index (χ0n) is 40.4. The highest BCUT2D eigenvalue weighted by Gasteiger charge is 2.35. The number of aliphatic imine (C=N–C) groups is 2. The van der Waals surface area contributed by atoms with Crippen molar-refractivity contribution < 1.29 is 68.4 Å². The third-order valence-corrected chi connectivity index (χ3v) is 11.3. The highest BCUT2D eigenvalue weighted by molar-refractivity contribution is 7.98. The van der Waals surface area contributed by atoms with E-state index < -0.39 is 133 Å². The maximum atomic E-state index is 14.1. The number of hydrogen-bond acceptors (Lipinski definition) is 15. The van der Waals surface area contributed by atoms with Crippen LogP contribution in [0.1, 0.15) is 77.2 Å². The first-order chi connectivity index (χ1) is 33.9. The molecule has 0 heterocycles. The quantitative estimate of drug-likeness (QED) is 0.0173. The van der Waals surface area contributed by atoms with Crippen molar-refractivity contribution in [2.45, 2.75) is 120 Å². The van der Waals surface area contributed by atoms with Crippen LogP contribution < -0.4 is 65.9 Å². The van der Waals surface area contributed by atoms with E-state index in [1.165, 1.54) is 36.0 Å². The summed E-state index contributed by atoms with van der Waals surface area (Å²) in [6.07, 6.45) is -0.387. The fourth-order valence-electron chi connectivity index (χ4n) is 6.54. The van der Waals surface area contributed by atoms with E-state index in [9.17, 15) is 63.3 Å². The summed E-state index contributed by atoms with van der Waals surface area (Å²) < 4.78 is 0. The molecule has 0 aliphatic carbocycles. The fourth-order valence-corrected chi connectivity index (χ4v) is 7.02. The zero-order chi connectivity index (χ0) is 54.5. The molecule has 0 spiro atoms. The Balaban J connectivity index is 3.52. The Bertz CT molecular complexity index is 2070. The number of benzene rings is 1. The van der Waals surface area contributed by atoms with Gasteiger partial charge < -0.3 is 86.3 Å². The molecule has 29 heteroatoms. The van der Waals surface area contributed by atoms with Crippen molar-refractivity contribution in [1.82, 2.24) is 37.2 Å². The second kappa shape index (κ2) is 33.2. The van der Waals surface area contributed by atoms with Crippen LogP contribution >= 0.6 is 11.8 Å². The average molecular weight is 1040 g/mol. The molecule has 1 rings (SSSR count). The smallest absolute Gasteiger partial charge is 0.322 e. The normalized spacial score (nSPS) is 14.1. The first kappa shape index (κ1) is 62.6. The van der Waals surface area contributed by atoms with E-state index in [-0.39, 0.29) is 75.0 Å². The average Bonchev–Trinajstić information content (AvgIpc) is 3.31. The number of rotatable bonds is 35. The van der Waals surface area contributed by atoms with Gasteiger partial charge in [-0.3, -0.25) is 57.9 Å². The lowest BCUT2D eigenvalue weighted by Crippen LogP contribution is -2.60. The molecule has 0 aliphatic rings. The fraction of sp³-hybridized carbons (Fsp3) is 0.581. The molecular formula is C43H70N14O14S. The molecule has 0 saturated heterocycles. The first-order valence-corrected chi connectivity index (χ1v) is 24.2. The summed E-state index contributed by atoms with van der Waals surface area (Å²) in [7, 11) is 0. The molecule has 7 amide bonds. The van der Waals surface area contributed by atoms with Crippen molar-refractivity contribution in [1.29, 1.82) is 0 Å². The number of carbonyl (C=O) groups excluding carboxylic acids is 7. The molecule has 0 fully saturated rings. The van der Waals surface area contributed by atoms with E-state index in [1.54, 1.807) is 20.1 Å². The van der Waals surface area contributed by atoms with E-state index in [0.717, 1.165) is 0 Å². The highest BCUT2D eigenvalue weighted by atomic mass is 32.2. The maximum absolute atomic E-state index is 14.1. The second-order valence-corrected chi connectivity index (χ2v) is 17.5. The van der Waals surface area contributed by atoms with Crippen LogP contribution in [0, 0.1) is 5.92 Å². The van der Waals surface area contributed by atoms with Gasteiger partial charge in [-0.1, -0.05) is 32.4 Å². The molecule has 402 valence electrons. The standard InChI is InChI=1S/C43H70N14O14S/c1-4-22(2)34(41(71)51-21-33(63)64)57-39(69)27(8-6-17-50-43(47)48)54-40(70)30(20-32(61)62)56-38(68)29(15-18-72-3)55-36(66)26(7-5-16-49-42(45)46)53-37(67)28(13-14-31(59)60)52-35(65)25(44)19-23-9-11-24(58)12-10-23/h9-12,22,25-30,34,58H,4-8,13-21,44H2,1-3H3,(H,51,71)(H,52,65)(H,53,67)(H,54,70)(H,55,66)(H,56,68)(H,57,69)(H,59,60)(H,61,62)(H,63,64)(H4,45,46,49)(H4,47,48,50). The van der Waals surface area contributed by atoms with Crippen molar-refractivity contribution in [2.24, 2.45) is 44.6 Å². The predicted molar refractivity (Wildman–Crippen MR) is 263 cm³/mol. The van der Waals surface area contributed by atoms with Gasteiger partial charge in [0.25, 0.3) is 0 Å². The summed E-state index contributed by atoms with van der Waals surface area (Å²) in [6.45, 7) is 2.53. The molecule has 1 aromatic carbocycles. The number of nitrogens with two attached hydrogens (primary N) is 5. The summed E-state index contributed by atoms with van der Waals surface area (Å²) in [4.78, 5) is 138. The first-order valence-electron chi connectivity index (χ1n) is 22.8. The van der Waals surface area contributed by atoms with Crippen LogP contribution in [-0.4, -0.2) is 166 Å².